The summed E-state index contributed by atoms with van der Waals surface area (Å²) in [5.41, 5.74) is 0.612. The van der Waals surface area contributed by atoms with Crippen LogP contribution in [0.2, 0.25) is 0 Å². The summed E-state index contributed by atoms with van der Waals surface area (Å²) in [5.74, 6) is 0.805. The largest absolute Gasteiger partial charge is 0.363 e. The smallest absolute Gasteiger partial charge is 0.321 e. The van der Waals surface area contributed by atoms with E-state index in [1.54, 1.807) is 17.2 Å². The molecule has 1 N–H and O–H groups in total. The van der Waals surface area contributed by atoms with Crippen LogP contribution in [-0.4, -0.2) is 75.2 Å². The zero-order valence-corrected chi connectivity index (χ0v) is 13.8. The SMILES string of the molecule is CN(C)c1ccc(NC(=O)N2CCN(S(C)(=O)=O)CC2)cn1. The number of amides is 2. The molecule has 2 amide bonds. The molecule has 9 heteroatoms. The zero-order valence-electron chi connectivity index (χ0n) is 13.0. The van der Waals surface area contributed by atoms with Crippen molar-refractivity contribution in [3.8, 4) is 0 Å². The van der Waals surface area contributed by atoms with E-state index in [1.165, 1.54) is 10.6 Å². The third-order valence-corrected chi connectivity index (χ3v) is 4.76. The van der Waals surface area contributed by atoms with E-state index in [0.717, 1.165) is 5.82 Å². The van der Waals surface area contributed by atoms with Crippen LogP contribution in [0.1, 0.15) is 0 Å². The van der Waals surface area contributed by atoms with E-state index in [1.807, 2.05) is 25.1 Å². The van der Waals surface area contributed by atoms with Crippen LogP contribution in [0.3, 0.4) is 0 Å². The Hall–Kier alpha value is -1.87. The molecule has 1 aromatic heterocycles. The number of hydrogen-bond donors (Lipinski definition) is 1. The minimum absolute atomic E-state index is 0.243. The van der Waals surface area contributed by atoms with Crippen LogP contribution in [0.15, 0.2) is 18.3 Å². The Morgan fingerprint density at radius 1 is 1.23 bits per heavy atom. The zero-order chi connectivity index (χ0) is 16.3. The minimum atomic E-state index is -3.19. The van der Waals surface area contributed by atoms with Crippen molar-refractivity contribution in [3.63, 3.8) is 0 Å². The fraction of sp³-hybridized carbons (Fsp3) is 0.538. The van der Waals surface area contributed by atoms with Crippen LogP contribution in [0, 0.1) is 0 Å². The van der Waals surface area contributed by atoms with Gasteiger partial charge in [0.05, 0.1) is 18.1 Å². The molecule has 0 spiro atoms. The number of aromatic nitrogens is 1. The highest BCUT2D eigenvalue weighted by molar-refractivity contribution is 7.88. The average molecular weight is 327 g/mol. The first-order valence-electron chi connectivity index (χ1n) is 6.92. The number of carbonyl (C=O) groups is 1. The van der Waals surface area contributed by atoms with Gasteiger partial charge in [0.1, 0.15) is 5.82 Å². The molecular formula is C13H21N5O3S. The van der Waals surface area contributed by atoms with E-state index >= 15 is 0 Å². The first-order chi connectivity index (χ1) is 10.3. The molecule has 0 unspecified atom stereocenters. The van der Waals surface area contributed by atoms with Gasteiger partial charge in [0.2, 0.25) is 10.0 Å². The third-order valence-electron chi connectivity index (χ3n) is 3.45. The quantitative estimate of drug-likeness (QED) is 0.860. The van der Waals surface area contributed by atoms with E-state index < -0.39 is 10.0 Å². The van der Waals surface area contributed by atoms with Gasteiger partial charge in [0.25, 0.3) is 0 Å². The molecule has 122 valence electrons. The average Bonchev–Trinajstić information content (AvgIpc) is 2.47. The van der Waals surface area contributed by atoms with Gasteiger partial charge in [-0.25, -0.2) is 18.2 Å². The second-order valence-corrected chi connectivity index (χ2v) is 7.36. The Bertz CT molecular complexity index is 622. The highest BCUT2D eigenvalue weighted by Crippen LogP contribution is 2.13. The number of rotatable bonds is 3. The van der Waals surface area contributed by atoms with Crippen molar-refractivity contribution in [1.29, 1.82) is 0 Å². The lowest BCUT2D eigenvalue weighted by Gasteiger charge is -2.33. The van der Waals surface area contributed by atoms with Crippen LogP contribution in [0.4, 0.5) is 16.3 Å². The Labute approximate surface area is 130 Å². The topological polar surface area (TPSA) is 85.9 Å². The molecule has 0 atom stereocenters. The molecule has 0 bridgehead atoms. The lowest BCUT2D eigenvalue weighted by Crippen LogP contribution is -2.51. The van der Waals surface area contributed by atoms with Crippen molar-refractivity contribution in [1.82, 2.24) is 14.2 Å². The molecule has 8 nitrogen and oxygen atoms in total. The highest BCUT2D eigenvalue weighted by atomic mass is 32.2. The van der Waals surface area contributed by atoms with E-state index in [-0.39, 0.29) is 6.03 Å². The van der Waals surface area contributed by atoms with Crippen molar-refractivity contribution in [2.45, 2.75) is 0 Å². The minimum Gasteiger partial charge on any atom is -0.363 e. The Balaban J connectivity index is 1.91. The van der Waals surface area contributed by atoms with Crippen molar-refractivity contribution in [3.05, 3.63) is 18.3 Å². The number of pyridine rings is 1. The van der Waals surface area contributed by atoms with E-state index in [0.29, 0.717) is 31.9 Å². The molecule has 0 aliphatic carbocycles. The summed E-state index contributed by atoms with van der Waals surface area (Å²) in [6.45, 7) is 1.40. The fourth-order valence-corrected chi connectivity index (χ4v) is 2.98. The number of nitrogens with one attached hydrogen (secondary N) is 1. The summed E-state index contributed by atoms with van der Waals surface area (Å²) < 4.78 is 24.2. The molecule has 1 aromatic rings. The van der Waals surface area contributed by atoms with E-state index in [9.17, 15) is 13.2 Å². The number of piperazine rings is 1. The number of nitrogens with zero attached hydrogens (tertiary/aromatic N) is 4. The summed E-state index contributed by atoms with van der Waals surface area (Å²) in [5, 5.41) is 2.77. The van der Waals surface area contributed by atoms with Gasteiger partial charge in [-0.2, -0.15) is 4.31 Å². The Kier molecular flexibility index (Phi) is 4.87. The molecule has 1 saturated heterocycles. The fourth-order valence-electron chi connectivity index (χ4n) is 2.15. The van der Waals surface area contributed by atoms with Gasteiger partial charge in [-0.15, -0.1) is 0 Å². The maximum Gasteiger partial charge on any atom is 0.321 e. The van der Waals surface area contributed by atoms with Crippen molar-refractivity contribution < 1.29 is 13.2 Å². The maximum atomic E-state index is 12.2. The molecule has 0 radical (unpaired) electrons. The van der Waals surface area contributed by atoms with Crippen LogP contribution >= 0.6 is 0 Å². The van der Waals surface area contributed by atoms with Crippen LogP contribution in [-0.2, 0) is 10.0 Å². The molecule has 1 aliphatic rings. The standard InChI is InChI=1S/C13H21N5O3S/c1-16(2)12-5-4-11(10-14-12)15-13(19)17-6-8-18(9-7-17)22(3,20)21/h4-5,10H,6-9H2,1-3H3,(H,15,19). The summed E-state index contributed by atoms with van der Waals surface area (Å²) >= 11 is 0. The van der Waals surface area contributed by atoms with Gasteiger partial charge >= 0.3 is 6.03 Å². The summed E-state index contributed by atoms with van der Waals surface area (Å²) in [4.78, 5) is 19.8. The van der Waals surface area contributed by atoms with Gasteiger partial charge < -0.3 is 15.1 Å². The van der Waals surface area contributed by atoms with Crippen LogP contribution < -0.4 is 10.2 Å². The molecule has 1 fully saturated rings. The number of urea groups is 1. The lowest BCUT2D eigenvalue weighted by molar-refractivity contribution is 0.184. The molecule has 0 aromatic carbocycles. The first-order valence-corrected chi connectivity index (χ1v) is 8.76. The normalized spacial score (nSPS) is 16.4. The molecule has 2 rings (SSSR count). The summed E-state index contributed by atoms with van der Waals surface area (Å²) in [6, 6.07) is 3.36. The summed E-state index contributed by atoms with van der Waals surface area (Å²) in [6.07, 6.45) is 2.78. The predicted molar refractivity (Wildman–Crippen MR) is 85.6 cm³/mol. The van der Waals surface area contributed by atoms with Gasteiger partial charge in [-0.3, -0.25) is 0 Å². The maximum absolute atomic E-state index is 12.2. The van der Waals surface area contributed by atoms with Gasteiger partial charge in [0, 0.05) is 40.3 Å². The van der Waals surface area contributed by atoms with Gasteiger partial charge in [-0.05, 0) is 12.1 Å². The number of carbonyl (C=O) groups excluding carboxylic acids is 1. The Morgan fingerprint density at radius 2 is 1.86 bits per heavy atom. The first kappa shape index (κ1) is 16.5. The number of sulfonamides is 1. The summed E-state index contributed by atoms with van der Waals surface area (Å²) in [7, 11) is 0.595. The van der Waals surface area contributed by atoms with Crippen molar-refractivity contribution in [2.75, 3.05) is 56.7 Å². The van der Waals surface area contributed by atoms with Crippen LogP contribution in [0.25, 0.3) is 0 Å². The van der Waals surface area contributed by atoms with Crippen molar-refractivity contribution >= 4 is 27.6 Å². The second-order valence-electron chi connectivity index (χ2n) is 5.38. The Morgan fingerprint density at radius 3 is 2.32 bits per heavy atom. The number of anilines is 2. The third kappa shape index (κ3) is 4.08. The number of hydrogen-bond acceptors (Lipinski definition) is 5. The van der Waals surface area contributed by atoms with Crippen molar-refractivity contribution in [2.24, 2.45) is 0 Å². The van der Waals surface area contributed by atoms with E-state index in [4.69, 9.17) is 0 Å². The highest BCUT2D eigenvalue weighted by Gasteiger charge is 2.25. The van der Waals surface area contributed by atoms with Gasteiger partial charge in [0.15, 0.2) is 0 Å². The molecule has 22 heavy (non-hydrogen) atoms. The lowest BCUT2D eigenvalue weighted by atomic mass is 10.3. The molecule has 1 aliphatic heterocycles. The molecule has 0 saturated carbocycles. The molecular weight excluding hydrogens is 306 g/mol. The van der Waals surface area contributed by atoms with E-state index in [2.05, 4.69) is 10.3 Å². The monoisotopic (exact) mass is 327 g/mol. The van der Waals surface area contributed by atoms with Gasteiger partial charge in [-0.1, -0.05) is 0 Å². The van der Waals surface area contributed by atoms with Crippen LogP contribution in [0.5, 0.6) is 0 Å². The second kappa shape index (κ2) is 6.49. The molecule has 2 heterocycles. The predicted octanol–water partition coefficient (Wildman–Crippen LogP) is 0.257.